The van der Waals surface area contributed by atoms with Crippen molar-refractivity contribution >= 4 is 15.9 Å². The Kier molecular flexibility index (Phi) is 2.32. The van der Waals surface area contributed by atoms with Gasteiger partial charge in [-0.15, -0.1) is 0 Å². The Morgan fingerprint density at radius 2 is 2.19 bits per heavy atom. The van der Waals surface area contributed by atoms with Gasteiger partial charge in [0.05, 0.1) is 5.69 Å². The normalized spacial score (nSPS) is 15.4. The molecule has 1 saturated carbocycles. The monoisotopic (exact) mass is 277 g/mol. The molecule has 1 aliphatic carbocycles. The summed E-state index contributed by atoms with van der Waals surface area (Å²) in [6, 6.07) is 6.17. The van der Waals surface area contributed by atoms with Crippen LogP contribution in [0.3, 0.4) is 0 Å². The van der Waals surface area contributed by atoms with Crippen molar-refractivity contribution in [2.24, 2.45) is 7.05 Å². The van der Waals surface area contributed by atoms with E-state index in [9.17, 15) is 0 Å². The fraction of sp³-hybridized carbons (Fsp3) is 0.333. The summed E-state index contributed by atoms with van der Waals surface area (Å²) in [5.74, 6) is 0.731. The van der Waals surface area contributed by atoms with Gasteiger partial charge in [0.15, 0.2) is 0 Å². The van der Waals surface area contributed by atoms with Gasteiger partial charge >= 0.3 is 0 Å². The largest absolute Gasteiger partial charge is 0.272 e. The number of aryl methyl sites for hydroxylation is 1. The lowest BCUT2D eigenvalue weighted by Gasteiger charge is -1.95. The second-order valence-corrected chi connectivity index (χ2v) is 5.03. The first-order valence-electron chi connectivity index (χ1n) is 5.40. The molecular weight excluding hydrogens is 266 g/mol. The number of nitrogens with zero attached hydrogens (tertiary/aromatic N) is 3. The van der Waals surface area contributed by atoms with E-state index in [0.29, 0.717) is 0 Å². The summed E-state index contributed by atoms with van der Waals surface area (Å²) in [5.41, 5.74) is 3.44. The highest BCUT2D eigenvalue weighted by Gasteiger charge is 2.27. The highest BCUT2D eigenvalue weighted by atomic mass is 79.9. The average molecular weight is 278 g/mol. The minimum atomic E-state index is 0.731. The SMILES string of the molecule is Cn1nc(-c2ccc(Br)nc2)cc1C1CC1. The third kappa shape index (κ3) is 1.78. The first-order chi connectivity index (χ1) is 7.74. The molecule has 0 radical (unpaired) electrons. The molecule has 0 aliphatic heterocycles. The zero-order valence-electron chi connectivity index (χ0n) is 9.02. The van der Waals surface area contributed by atoms with Crippen LogP contribution in [0.1, 0.15) is 24.5 Å². The van der Waals surface area contributed by atoms with E-state index in [1.54, 1.807) is 0 Å². The summed E-state index contributed by atoms with van der Waals surface area (Å²) in [4.78, 5) is 4.22. The highest BCUT2D eigenvalue weighted by molar-refractivity contribution is 9.10. The molecule has 3 rings (SSSR count). The van der Waals surface area contributed by atoms with Gasteiger partial charge in [0.25, 0.3) is 0 Å². The molecule has 1 aliphatic rings. The van der Waals surface area contributed by atoms with Gasteiger partial charge in [0.1, 0.15) is 4.60 Å². The van der Waals surface area contributed by atoms with Gasteiger partial charge in [-0.2, -0.15) is 5.10 Å². The van der Waals surface area contributed by atoms with Crippen molar-refractivity contribution in [3.63, 3.8) is 0 Å². The first-order valence-corrected chi connectivity index (χ1v) is 6.19. The molecular formula is C12H12BrN3. The molecule has 0 aromatic carbocycles. The first kappa shape index (κ1) is 10.0. The number of hydrogen-bond donors (Lipinski definition) is 0. The molecule has 2 aromatic rings. The lowest BCUT2D eigenvalue weighted by Crippen LogP contribution is -1.95. The summed E-state index contributed by atoms with van der Waals surface area (Å²) >= 11 is 3.33. The van der Waals surface area contributed by atoms with E-state index >= 15 is 0 Å². The molecule has 2 aromatic heterocycles. The predicted octanol–water partition coefficient (Wildman–Crippen LogP) is 3.12. The predicted molar refractivity (Wildman–Crippen MR) is 66.1 cm³/mol. The van der Waals surface area contributed by atoms with Crippen molar-refractivity contribution in [3.05, 3.63) is 34.7 Å². The fourth-order valence-electron chi connectivity index (χ4n) is 1.91. The molecule has 2 heterocycles. The van der Waals surface area contributed by atoms with Crippen molar-refractivity contribution in [3.8, 4) is 11.3 Å². The van der Waals surface area contributed by atoms with Gasteiger partial charge in [0, 0.05) is 30.4 Å². The summed E-state index contributed by atoms with van der Waals surface area (Å²) in [5, 5.41) is 4.53. The zero-order valence-corrected chi connectivity index (χ0v) is 10.6. The molecule has 0 unspecified atom stereocenters. The van der Waals surface area contributed by atoms with Gasteiger partial charge < -0.3 is 0 Å². The Morgan fingerprint density at radius 3 is 2.81 bits per heavy atom. The summed E-state index contributed by atoms with van der Waals surface area (Å²) in [6.07, 6.45) is 4.46. The van der Waals surface area contributed by atoms with E-state index in [1.807, 2.05) is 30.1 Å². The number of hydrogen-bond acceptors (Lipinski definition) is 2. The van der Waals surface area contributed by atoms with Crippen LogP contribution < -0.4 is 0 Å². The van der Waals surface area contributed by atoms with E-state index < -0.39 is 0 Å². The van der Waals surface area contributed by atoms with Crippen LogP contribution in [0.2, 0.25) is 0 Å². The Morgan fingerprint density at radius 1 is 1.38 bits per heavy atom. The summed E-state index contributed by atoms with van der Waals surface area (Å²) < 4.78 is 2.85. The van der Waals surface area contributed by atoms with E-state index in [1.165, 1.54) is 18.5 Å². The van der Waals surface area contributed by atoms with Crippen LogP contribution in [0, 0.1) is 0 Å². The molecule has 0 amide bonds. The van der Waals surface area contributed by atoms with Crippen LogP contribution in [0.25, 0.3) is 11.3 Å². The van der Waals surface area contributed by atoms with Crippen LogP contribution in [0.5, 0.6) is 0 Å². The Labute approximate surface area is 103 Å². The van der Waals surface area contributed by atoms with Crippen LogP contribution in [-0.2, 0) is 7.05 Å². The zero-order chi connectivity index (χ0) is 11.1. The maximum absolute atomic E-state index is 4.53. The van der Waals surface area contributed by atoms with Crippen LogP contribution >= 0.6 is 15.9 Å². The van der Waals surface area contributed by atoms with E-state index in [4.69, 9.17) is 0 Å². The van der Waals surface area contributed by atoms with Gasteiger partial charge in [-0.05, 0) is 47.0 Å². The topological polar surface area (TPSA) is 30.7 Å². The maximum atomic E-state index is 4.53. The van der Waals surface area contributed by atoms with Crippen LogP contribution in [0.4, 0.5) is 0 Å². The molecule has 82 valence electrons. The van der Waals surface area contributed by atoms with Gasteiger partial charge in [-0.1, -0.05) is 0 Å². The van der Waals surface area contributed by atoms with Crippen molar-refractivity contribution in [2.45, 2.75) is 18.8 Å². The molecule has 0 atom stereocenters. The smallest absolute Gasteiger partial charge is 0.106 e. The Hall–Kier alpha value is -1.16. The fourth-order valence-corrected chi connectivity index (χ4v) is 2.15. The Balaban J connectivity index is 1.99. The molecule has 16 heavy (non-hydrogen) atoms. The Bertz CT molecular complexity index is 512. The lowest BCUT2D eigenvalue weighted by atomic mass is 10.2. The molecule has 0 bridgehead atoms. The minimum absolute atomic E-state index is 0.731. The van der Waals surface area contributed by atoms with E-state index in [0.717, 1.165) is 21.8 Å². The molecule has 0 N–H and O–H groups in total. The molecule has 0 spiro atoms. The summed E-state index contributed by atoms with van der Waals surface area (Å²) in [7, 11) is 2.02. The number of rotatable bonds is 2. The van der Waals surface area contributed by atoms with Crippen molar-refractivity contribution in [2.75, 3.05) is 0 Å². The van der Waals surface area contributed by atoms with E-state index in [2.05, 4.69) is 32.1 Å². The molecule has 4 heteroatoms. The molecule has 1 fully saturated rings. The van der Waals surface area contributed by atoms with Crippen molar-refractivity contribution in [1.82, 2.24) is 14.8 Å². The van der Waals surface area contributed by atoms with Crippen LogP contribution in [0.15, 0.2) is 29.0 Å². The number of halogens is 1. The average Bonchev–Trinajstić information content (AvgIpc) is 3.04. The standard InChI is InChI=1S/C12H12BrN3/c1-16-11(8-2-3-8)6-10(15-16)9-4-5-12(13)14-7-9/h4-8H,2-3H2,1H3. The molecule has 3 nitrogen and oxygen atoms in total. The second kappa shape index (κ2) is 3.70. The number of aromatic nitrogens is 3. The molecule has 0 saturated heterocycles. The van der Waals surface area contributed by atoms with Crippen LogP contribution in [-0.4, -0.2) is 14.8 Å². The summed E-state index contributed by atoms with van der Waals surface area (Å²) in [6.45, 7) is 0. The lowest BCUT2D eigenvalue weighted by molar-refractivity contribution is 0.716. The minimum Gasteiger partial charge on any atom is -0.272 e. The highest BCUT2D eigenvalue weighted by Crippen LogP contribution is 2.40. The van der Waals surface area contributed by atoms with Crippen molar-refractivity contribution < 1.29 is 0 Å². The number of pyridine rings is 1. The van der Waals surface area contributed by atoms with Gasteiger partial charge in [-0.3, -0.25) is 4.68 Å². The third-order valence-corrected chi connectivity index (χ3v) is 3.40. The quantitative estimate of drug-likeness (QED) is 0.790. The van der Waals surface area contributed by atoms with Gasteiger partial charge in [-0.25, -0.2) is 4.98 Å². The maximum Gasteiger partial charge on any atom is 0.106 e. The second-order valence-electron chi connectivity index (χ2n) is 4.22. The third-order valence-electron chi connectivity index (χ3n) is 2.93. The van der Waals surface area contributed by atoms with Gasteiger partial charge in [0.2, 0.25) is 0 Å². The van der Waals surface area contributed by atoms with Crippen molar-refractivity contribution in [1.29, 1.82) is 0 Å². The van der Waals surface area contributed by atoms with E-state index in [-0.39, 0.29) is 0 Å².